The highest BCUT2D eigenvalue weighted by Gasteiger charge is 2.32. The van der Waals surface area contributed by atoms with Gasteiger partial charge in [0.15, 0.2) is 0 Å². The van der Waals surface area contributed by atoms with Crippen LogP contribution in [0.4, 0.5) is 0 Å². The maximum absolute atomic E-state index is 11.0. The number of benzene rings is 1. The van der Waals surface area contributed by atoms with Gasteiger partial charge in [-0.3, -0.25) is 4.79 Å². The summed E-state index contributed by atoms with van der Waals surface area (Å²) in [5.41, 5.74) is 3.41. The average molecular weight is 242 g/mol. The maximum Gasteiger partial charge on any atom is 0.230 e. The van der Waals surface area contributed by atoms with Gasteiger partial charge in [-0.1, -0.05) is 17.3 Å². The number of rotatable bonds is 2. The number of aromatic nitrogens is 2. The summed E-state index contributed by atoms with van der Waals surface area (Å²) in [5.74, 6) is 1.59. The Morgan fingerprint density at radius 3 is 2.67 bits per heavy atom. The van der Waals surface area contributed by atoms with Crippen LogP contribution in [0.5, 0.6) is 0 Å². The summed E-state index contributed by atoms with van der Waals surface area (Å²) in [6.07, 6.45) is 1.07. The number of carbonyl (C=O) groups is 1. The van der Waals surface area contributed by atoms with E-state index in [0.29, 0.717) is 24.6 Å². The summed E-state index contributed by atoms with van der Waals surface area (Å²) in [6, 6.07) is 6.09. The predicted octanol–water partition coefficient (Wildman–Crippen LogP) is 2.80. The number of hydrogen-bond donors (Lipinski definition) is 0. The Morgan fingerprint density at radius 1 is 1.22 bits per heavy atom. The first-order chi connectivity index (χ1) is 8.63. The summed E-state index contributed by atoms with van der Waals surface area (Å²) in [6.45, 7) is 4.13. The Balaban J connectivity index is 1.88. The predicted molar refractivity (Wildman–Crippen MR) is 66.2 cm³/mol. The number of Topliss-reactive ketones (excluding diaryl/α,β-unsaturated/α-hetero) is 1. The van der Waals surface area contributed by atoms with Crippen molar-refractivity contribution in [3.63, 3.8) is 0 Å². The monoisotopic (exact) mass is 242 g/mol. The van der Waals surface area contributed by atoms with Gasteiger partial charge in [0.1, 0.15) is 5.78 Å². The second-order valence-electron chi connectivity index (χ2n) is 4.90. The number of hydrogen-bond acceptors (Lipinski definition) is 4. The number of aryl methyl sites for hydroxylation is 2. The largest absolute Gasteiger partial charge is 0.339 e. The summed E-state index contributed by atoms with van der Waals surface area (Å²) in [7, 11) is 0. The highest BCUT2D eigenvalue weighted by molar-refractivity contribution is 5.86. The Labute approximate surface area is 105 Å². The molecule has 0 bridgehead atoms. The van der Waals surface area contributed by atoms with E-state index in [-0.39, 0.29) is 11.7 Å². The molecule has 4 nitrogen and oxygen atoms in total. The van der Waals surface area contributed by atoms with Gasteiger partial charge in [-0.25, -0.2) is 0 Å². The van der Waals surface area contributed by atoms with E-state index in [2.05, 4.69) is 30.1 Å². The smallest absolute Gasteiger partial charge is 0.230 e. The molecule has 1 aliphatic rings. The van der Waals surface area contributed by atoms with Crippen molar-refractivity contribution in [2.75, 3.05) is 0 Å². The van der Waals surface area contributed by atoms with Gasteiger partial charge in [0.2, 0.25) is 11.7 Å². The third-order valence-electron chi connectivity index (χ3n) is 3.50. The van der Waals surface area contributed by atoms with Crippen LogP contribution in [0.15, 0.2) is 22.7 Å². The van der Waals surface area contributed by atoms with Crippen LogP contribution >= 0.6 is 0 Å². The van der Waals surface area contributed by atoms with Gasteiger partial charge in [-0.2, -0.15) is 4.98 Å². The molecule has 18 heavy (non-hydrogen) atoms. The highest BCUT2D eigenvalue weighted by atomic mass is 16.5. The van der Waals surface area contributed by atoms with Crippen LogP contribution < -0.4 is 0 Å². The van der Waals surface area contributed by atoms with Crippen LogP contribution in [0.2, 0.25) is 0 Å². The molecule has 0 saturated heterocycles. The molecular weight excluding hydrogens is 228 g/mol. The first-order valence-corrected chi connectivity index (χ1v) is 6.06. The van der Waals surface area contributed by atoms with Gasteiger partial charge in [0.25, 0.3) is 0 Å². The van der Waals surface area contributed by atoms with Crippen molar-refractivity contribution in [1.82, 2.24) is 10.1 Å². The molecule has 2 aromatic rings. The molecule has 1 heterocycles. The molecule has 1 fully saturated rings. The van der Waals surface area contributed by atoms with Gasteiger partial charge >= 0.3 is 0 Å². The van der Waals surface area contributed by atoms with Crippen molar-refractivity contribution in [3.8, 4) is 11.4 Å². The zero-order valence-electron chi connectivity index (χ0n) is 10.4. The fraction of sp³-hybridized carbons (Fsp3) is 0.357. The highest BCUT2D eigenvalue weighted by Crippen LogP contribution is 2.33. The van der Waals surface area contributed by atoms with E-state index in [1.807, 2.05) is 12.1 Å². The van der Waals surface area contributed by atoms with Crippen molar-refractivity contribution >= 4 is 5.78 Å². The van der Waals surface area contributed by atoms with Crippen molar-refractivity contribution < 1.29 is 9.32 Å². The maximum atomic E-state index is 11.0. The second kappa shape index (κ2) is 4.05. The van der Waals surface area contributed by atoms with Gasteiger partial charge < -0.3 is 4.52 Å². The first kappa shape index (κ1) is 11.1. The van der Waals surface area contributed by atoms with E-state index in [9.17, 15) is 4.79 Å². The fourth-order valence-electron chi connectivity index (χ4n) is 2.06. The van der Waals surface area contributed by atoms with Gasteiger partial charge in [-0.05, 0) is 31.0 Å². The van der Waals surface area contributed by atoms with Crippen LogP contribution in [0, 0.1) is 13.8 Å². The fourth-order valence-corrected chi connectivity index (χ4v) is 2.06. The lowest BCUT2D eigenvalue weighted by Gasteiger charge is -2.19. The van der Waals surface area contributed by atoms with Crippen molar-refractivity contribution in [2.24, 2.45) is 0 Å². The number of carbonyl (C=O) groups excluding carboxylic acids is 1. The molecule has 0 aliphatic heterocycles. The first-order valence-electron chi connectivity index (χ1n) is 6.06. The minimum absolute atomic E-state index is 0.130. The molecule has 0 amide bonds. The van der Waals surface area contributed by atoms with E-state index >= 15 is 0 Å². The molecule has 0 atom stereocenters. The lowest BCUT2D eigenvalue weighted by atomic mass is 9.84. The molecule has 0 spiro atoms. The minimum atomic E-state index is 0.130. The molecule has 1 aromatic heterocycles. The number of ketones is 1. The summed E-state index contributed by atoms with van der Waals surface area (Å²) >= 11 is 0. The van der Waals surface area contributed by atoms with E-state index < -0.39 is 0 Å². The van der Waals surface area contributed by atoms with E-state index in [1.54, 1.807) is 0 Å². The standard InChI is InChI=1S/C14H14N2O2/c1-8-3-4-10(5-9(8)2)13-15-14(18-16-13)11-6-12(17)7-11/h3-5,11H,6-7H2,1-2H3. The topological polar surface area (TPSA) is 56.0 Å². The van der Waals surface area contributed by atoms with Gasteiger partial charge in [0, 0.05) is 18.4 Å². The second-order valence-corrected chi connectivity index (χ2v) is 4.90. The molecule has 1 aliphatic carbocycles. The molecular formula is C14H14N2O2. The van der Waals surface area contributed by atoms with Gasteiger partial charge in [-0.15, -0.1) is 0 Å². The Kier molecular flexibility index (Phi) is 2.51. The number of nitrogens with zero attached hydrogens (tertiary/aromatic N) is 2. The zero-order chi connectivity index (χ0) is 12.7. The quantitative estimate of drug-likeness (QED) is 0.812. The molecule has 1 aromatic carbocycles. The van der Waals surface area contributed by atoms with Crippen molar-refractivity contribution in [1.29, 1.82) is 0 Å². The van der Waals surface area contributed by atoms with E-state index in [4.69, 9.17) is 4.52 Å². The third kappa shape index (κ3) is 1.83. The van der Waals surface area contributed by atoms with Crippen LogP contribution in [-0.4, -0.2) is 15.9 Å². The Morgan fingerprint density at radius 2 is 2.00 bits per heavy atom. The van der Waals surface area contributed by atoms with Crippen LogP contribution in [0.3, 0.4) is 0 Å². The lowest BCUT2D eigenvalue weighted by Crippen LogP contribution is -2.21. The van der Waals surface area contributed by atoms with E-state index in [0.717, 1.165) is 5.56 Å². The summed E-state index contributed by atoms with van der Waals surface area (Å²) in [5, 5.41) is 3.99. The Hall–Kier alpha value is -1.97. The van der Waals surface area contributed by atoms with Crippen LogP contribution in [0.25, 0.3) is 11.4 Å². The molecule has 3 rings (SSSR count). The molecule has 0 N–H and O–H groups in total. The Bertz CT molecular complexity index is 608. The summed E-state index contributed by atoms with van der Waals surface area (Å²) in [4.78, 5) is 15.3. The SMILES string of the molecule is Cc1ccc(-c2noc(C3CC(=O)C3)n2)cc1C. The van der Waals surface area contributed by atoms with E-state index in [1.165, 1.54) is 11.1 Å². The zero-order valence-corrected chi connectivity index (χ0v) is 10.4. The van der Waals surface area contributed by atoms with Crippen molar-refractivity contribution in [2.45, 2.75) is 32.6 Å². The average Bonchev–Trinajstić information content (AvgIpc) is 2.78. The lowest BCUT2D eigenvalue weighted by molar-refractivity contribution is -0.125. The molecule has 0 unspecified atom stereocenters. The third-order valence-corrected chi connectivity index (χ3v) is 3.50. The molecule has 1 saturated carbocycles. The van der Waals surface area contributed by atoms with Gasteiger partial charge in [0.05, 0.1) is 5.92 Å². The molecule has 4 heteroatoms. The van der Waals surface area contributed by atoms with Crippen LogP contribution in [0.1, 0.15) is 35.8 Å². The summed E-state index contributed by atoms with van der Waals surface area (Å²) < 4.78 is 5.23. The molecule has 92 valence electrons. The normalized spacial score (nSPS) is 15.8. The van der Waals surface area contributed by atoms with Crippen LogP contribution in [-0.2, 0) is 4.79 Å². The van der Waals surface area contributed by atoms with Crippen molar-refractivity contribution in [3.05, 3.63) is 35.2 Å². The minimum Gasteiger partial charge on any atom is -0.339 e. The molecule has 0 radical (unpaired) electrons.